The molecule has 0 aliphatic heterocycles. The summed E-state index contributed by atoms with van der Waals surface area (Å²) in [6.07, 6.45) is 5.67. The van der Waals surface area contributed by atoms with Crippen LogP contribution in [-0.2, 0) is 16.6 Å². The Balaban J connectivity index is 2.29. The molecule has 0 N–H and O–H groups in total. The normalized spacial score (nSPS) is 16.6. The summed E-state index contributed by atoms with van der Waals surface area (Å²) in [6, 6.07) is 0.147. The predicted octanol–water partition coefficient (Wildman–Crippen LogP) is 2.54. The Labute approximate surface area is 129 Å². The van der Waals surface area contributed by atoms with Crippen LogP contribution < -0.4 is 0 Å². The number of alkyl halides is 1. The molecule has 1 aromatic heterocycles. The van der Waals surface area contributed by atoms with E-state index < -0.39 is 10.0 Å². The van der Waals surface area contributed by atoms with Crippen LogP contribution in [0.3, 0.4) is 0 Å². The van der Waals surface area contributed by atoms with Gasteiger partial charge in [0.25, 0.3) is 10.0 Å². The summed E-state index contributed by atoms with van der Waals surface area (Å²) in [6.45, 7) is 5.23. The molecule has 0 aromatic carbocycles. The topological polar surface area (TPSA) is 55.2 Å². The Morgan fingerprint density at radius 2 is 2.20 bits per heavy atom. The Bertz CT molecular complexity index is 552. The fourth-order valence-corrected chi connectivity index (χ4v) is 4.75. The predicted molar refractivity (Wildman–Crippen MR) is 82.6 cm³/mol. The second-order valence-corrected chi connectivity index (χ2v) is 7.84. The molecule has 7 heteroatoms. The first-order valence-corrected chi connectivity index (χ1v) is 9.68. The summed E-state index contributed by atoms with van der Waals surface area (Å²) in [5, 5.41) is 0.841. The van der Waals surface area contributed by atoms with Crippen molar-refractivity contribution in [2.45, 2.75) is 57.1 Å². The summed E-state index contributed by atoms with van der Waals surface area (Å²) < 4.78 is 29.0. The zero-order valence-corrected chi connectivity index (χ0v) is 14.5. The molecule has 20 heavy (non-hydrogen) atoms. The van der Waals surface area contributed by atoms with Gasteiger partial charge in [-0.15, -0.1) is 0 Å². The molecule has 0 bridgehead atoms. The van der Waals surface area contributed by atoms with Gasteiger partial charge in [0.2, 0.25) is 0 Å². The van der Waals surface area contributed by atoms with Crippen molar-refractivity contribution in [2.75, 3.05) is 11.9 Å². The first kappa shape index (κ1) is 16.0. The Hall–Kier alpha value is -0.400. The van der Waals surface area contributed by atoms with E-state index in [1.165, 1.54) is 0 Å². The van der Waals surface area contributed by atoms with Gasteiger partial charge in [0, 0.05) is 30.7 Å². The Morgan fingerprint density at radius 3 is 2.70 bits per heavy atom. The van der Waals surface area contributed by atoms with Gasteiger partial charge in [-0.05, 0) is 26.2 Å². The fourth-order valence-electron chi connectivity index (χ4n) is 2.45. The lowest BCUT2D eigenvalue weighted by atomic mass is 9.93. The van der Waals surface area contributed by atoms with Crippen molar-refractivity contribution < 1.29 is 8.42 Å². The summed E-state index contributed by atoms with van der Waals surface area (Å²) in [4.78, 5) is 4.26. The second kappa shape index (κ2) is 6.58. The average Bonchev–Trinajstić information content (AvgIpc) is 2.69. The maximum atomic E-state index is 12.8. The summed E-state index contributed by atoms with van der Waals surface area (Å²) in [5.74, 6) is 0.762. The van der Waals surface area contributed by atoms with Gasteiger partial charge in [0.15, 0.2) is 5.03 Å². The molecule has 0 spiro atoms. The molecule has 1 saturated carbocycles. The van der Waals surface area contributed by atoms with Crippen molar-refractivity contribution in [3.63, 3.8) is 0 Å². The van der Waals surface area contributed by atoms with Crippen molar-refractivity contribution in [3.8, 4) is 0 Å². The molecule has 5 nitrogen and oxygen atoms in total. The van der Waals surface area contributed by atoms with E-state index in [9.17, 15) is 8.42 Å². The Kier molecular flexibility index (Phi) is 5.25. The van der Waals surface area contributed by atoms with E-state index in [1.54, 1.807) is 10.5 Å². The molecule has 1 heterocycles. The van der Waals surface area contributed by atoms with Gasteiger partial charge >= 0.3 is 0 Å². The smallest absolute Gasteiger partial charge is 0.262 e. The molecule has 1 aromatic rings. The van der Waals surface area contributed by atoms with Crippen molar-refractivity contribution in [1.29, 1.82) is 0 Å². The molecule has 0 unspecified atom stereocenters. The van der Waals surface area contributed by atoms with Gasteiger partial charge in [-0.25, -0.2) is 13.4 Å². The zero-order chi connectivity index (χ0) is 14.8. The lowest BCUT2D eigenvalue weighted by Gasteiger charge is -2.35. The van der Waals surface area contributed by atoms with E-state index in [-0.39, 0.29) is 11.1 Å². The largest absolute Gasteiger partial charge is 0.334 e. The molecule has 1 aliphatic rings. The van der Waals surface area contributed by atoms with Gasteiger partial charge in [-0.1, -0.05) is 29.3 Å². The van der Waals surface area contributed by atoms with Crippen molar-refractivity contribution in [2.24, 2.45) is 0 Å². The third kappa shape index (κ3) is 3.09. The molecule has 114 valence electrons. The van der Waals surface area contributed by atoms with E-state index in [4.69, 9.17) is 0 Å². The molecule has 1 aliphatic carbocycles. The van der Waals surface area contributed by atoms with Crippen LogP contribution >= 0.6 is 15.9 Å². The molecule has 2 rings (SSSR count). The number of aromatic nitrogens is 2. The number of imidazole rings is 1. The average molecular weight is 364 g/mol. The number of sulfonamides is 1. The first-order chi connectivity index (χ1) is 9.50. The lowest BCUT2D eigenvalue weighted by Crippen LogP contribution is -2.45. The number of hydrogen-bond acceptors (Lipinski definition) is 3. The standard InChI is InChI=1S/C13H22BrN3O2S/c1-3-8-16-10-13(15-11(16)2)20(18,19)17(9-7-14)12-5-4-6-12/h10,12H,3-9H2,1-2H3. The number of halogens is 1. The van der Waals surface area contributed by atoms with Crippen LogP contribution in [0.25, 0.3) is 0 Å². The number of nitrogens with zero attached hydrogens (tertiary/aromatic N) is 3. The molecule has 0 saturated heterocycles. The van der Waals surface area contributed by atoms with Crippen LogP contribution in [0.2, 0.25) is 0 Å². The van der Waals surface area contributed by atoms with Gasteiger partial charge < -0.3 is 4.57 Å². The number of hydrogen-bond donors (Lipinski definition) is 0. The van der Waals surface area contributed by atoms with Gasteiger partial charge in [0.05, 0.1) is 0 Å². The van der Waals surface area contributed by atoms with E-state index in [2.05, 4.69) is 27.8 Å². The highest BCUT2D eigenvalue weighted by Crippen LogP contribution is 2.29. The van der Waals surface area contributed by atoms with Gasteiger partial charge in [0.1, 0.15) is 5.82 Å². The zero-order valence-electron chi connectivity index (χ0n) is 12.0. The molecule has 0 amide bonds. The van der Waals surface area contributed by atoms with Crippen LogP contribution in [0.4, 0.5) is 0 Å². The highest BCUT2D eigenvalue weighted by Gasteiger charge is 2.35. The monoisotopic (exact) mass is 363 g/mol. The molecular formula is C13H22BrN3O2S. The van der Waals surface area contributed by atoms with E-state index in [0.29, 0.717) is 11.9 Å². The van der Waals surface area contributed by atoms with Gasteiger partial charge in [-0.3, -0.25) is 0 Å². The SMILES string of the molecule is CCCn1cc(S(=O)(=O)N(CCBr)C2CCC2)nc1C. The van der Waals surface area contributed by atoms with Crippen LogP contribution in [0.1, 0.15) is 38.4 Å². The van der Waals surface area contributed by atoms with Crippen molar-refractivity contribution >= 4 is 26.0 Å². The minimum absolute atomic E-state index is 0.147. The highest BCUT2D eigenvalue weighted by molar-refractivity contribution is 9.09. The minimum Gasteiger partial charge on any atom is -0.334 e. The fraction of sp³-hybridized carbons (Fsp3) is 0.769. The van der Waals surface area contributed by atoms with Crippen LogP contribution in [0.5, 0.6) is 0 Å². The van der Waals surface area contributed by atoms with Crippen molar-refractivity contribution in [1.82, 2.24) is 13.9 Å². The van der Waals surface area contributed by atoms with Crippen LogP contribution in [0, 0.1) is 6.92 Å². The van der Waals surface area contributed by atoms with E-state index in [1.807, 2.05) is 11.5 Å². The van der Waals surface area contributed by atoms with E-state index in [0.717, 1.165) is 38.1 Å². The minimum atomic E-state index is -3.47. The maximum Gasteiger partial charge on any atom is 0.262 e. The molecular weight excluding hydrogens is 342 g/mol. The summed E-state index contributed by atoms with van der Waals surface area (Å²) in [5.41, 5.74) is 0. The first-order valence-electron chi connectivity index (χ1n) is 7.12. The van der Waals surface area contributed by atoms with Crippen LogP contribution in [0.15, 0.2) is 11.2 Å². The van der Waals surface area contributed by atoms with Crippen molar-refractivity contribution in [3.05, 3.63) is 12.0 Å². The maximum absolute atomic E-state index is 12.8. The molecule has 0 atom stereocenters. The molecule has 0 radical (unpaired) electrons. The van der Waals surface area contributed by atoms with Gasteiger partial charge in [-0.2, -0.15) is 4.31 Å². The number of aryl methyl sites for hydroxylation is 2. The second-order valence-electron chi connectivity index (χ2n) is 5.21. The summed E-state index contributed by atoms with van der Waals surface area (Å²) >= 11 is 3.35. The quantitative estimate of drug-likeness (QED) is 0.699. The van der Waals surface area contributed by atoms with Crippen LogP contribution in [-0.4, -0.2) is 40.2 Å². The van der Waals surface area contributed by atoms with E-state index >= 15 is 0 Å². The molecule has 1 fully saturated rings. The Morgan fingerprint density at radius 1 is 1.50 bits per heavy atom. The lowest BCUT2D eigenvalue weighted by molar-refractivity contribution is 0.227. The highest BCUT2D eigenvalue weighted by atomic mass is 79.9. The third-order valence-corrected chi connectivity index (χ3v) is 5.96. The number of rotatable bonds is 7. The third-order valence-electron chi connectivity index (χ3n) is 3.78. The summed E-state index contributed by atoms with van der Waals surface area (Å²) in [7, 11) is -3.47.